The Morgan fingerprint density at radius 2 is 1.26 bits per heavy atom. The number of hydrogen-bond donors (Lipinski definition) is 1. The van der Waals surface area contributed by atoms with Crippen molar-refractivity contribution in [1.29, 1.82) is 5.26 Å². The summed E-state index contributed by atoms with van der Waals surface area (Å²) in [4.78, 5) is 0. The first-order valence-corrected chi connectivity index (χ1v) is 11.1. The summed E-state index contributed by atoms with van der Waals surface area (Å²) in [5.74, 6) is 0. The van der Waals surface area contributed by atoms with Gasteiger partial charge in [-0.2, -0.15) is 5.26 Å². The van der Waals surface area contributed by atoms with Crippen LogP contribution in [0.1, 0.15) is 29.5 Å². The van der Waals surface area contributed by atoms with Gasteiger partial charge in [-0.15, -0.1) is 0 Å². The van der Waals surface area contributed by atoms with Crippen molar-refractivity contribution < 1.29 is 0 Å². The Kier molecular flexibility index (Phi) is 6.50. The van der Waals surface area contributed by atoms with Gasteiger partial charge in [0.25, 0.3) is 0 Å². The lowest BCUT2D eigenvalue weighted by atomic mass is 9.67. The molecule has 1 N–H and O–H groups in total. The van der Waals surface area contributed by atoms with Gasteiger partial charge in [0.1, 0.15) is 0 Å². The number of anilines is 2. The second-order valence-electron chi connectivity index (χ2n) is 7.51. The van der Waals surface area contributed by atoms with Gasteiger partial charge in [-0.3, -0.25) is 0 Å². The van der Waals surface area contributed by atoms with E-state index in [1.54, 1.807) is 0 Å². The van der Waals surface area contributed by atoms with Gasteiger partial charge in [-0.25, -0.2) is 0 Å². The molecule has 0 fully saturated rings. The lowest BCUT2D eigenvalue weighted by Crippen LogP contribution is -2.29. The molecule has 3 heteroatoms. The summed E-state index contributed by atoms with van der Waals surface area (Å²) in [5, 5.41) is 12.9. The lowest BCUT2D eigenvalue weighted by Gasteiger charge is -2.36. The zero-order valence-electron chi connectivity index (χ0n) is 17.1. The Balaban J connectivity index is 1.83. The van der Waals surface area contributed by atoms with Crippen LogP contribution < -0.4 is 5.32 Å². The van der Waals surface area contributed by atoms with Crippen LogP contribution in [0, 0.1) is 11.3 Å². The molecule has 0 saturated heterocycles. The predicted molar refractivity (Wildman–Crippen MR) is 131 cm³/mol. The van der Waals surface area contributed by atoms with E-state index in [0.29, 0.717) is 12.8 Å². The summed E-state index contributed by atoms with van der Waals surface area (Å²) < 4.78 is 1.03. The molecule has 0 amide bonds. The van der Waals surface area contributed by atoms with Crippen LogP contribution in [0.3, 0.4) is 0 Å². The minimum absolute atomic E-state index is 0.411. The van der Waals surface area contributed by atoms with Gasteiger partial charge in [-0.05, 0) is 59.5 Å². The number of rotatable bonds is 7. The van der Waals surface area contributed by atoms with Crippen molar-refractivity contribution in [3.8, 4) is 6.07 Å². The average molecular weight is 467 g/mol. The fourth-order valence-electron chi connectivity index (χ4n) is 4.18. The maximum Gasteiger partial charge on any atom is 0.0622 e. The molecule has 2 nitrogen and oxygen atoms in total. The highest BCUT2D eigenvalue weighted by atomic mass is 79.9. The number of nitriles is 1. The molecule has 1 unspecified atom stereocenters. The van der Waals surface area contributed by atoms with E-state index in [0.717, 1.165) is 15.8 Å². The molecule has 0 spiro atoms. The zero-order chi connectivity index (χ0) is 21.5. The van der Waals surface area contributed by atoms with Gasteiger partial charge in [-0.1, -0.05) is 88.7 Å². The molecule has 31 heavy (non-hydrogen) atoms. The molecule has 0 saturated carbocycles. The molecule has 4 aromatic carbocycles. The van der Waals surface area contributed by atoms with Gasteiger partial charge >= 0.3 is 0 Å². The third kappa shape index (κ3) is 4.55. The molecule has 0 aliphatic heterocycles. The van der Waals surface area contributed by atoms with Crippen molar-refractivity contribution >= 4 is 27.3 Å². The number of nitrogens with zero attached hydrogens (tertiary/aromatic N) is 1. The largest absolute Gasteiger partial charge is 0.356 e. The maximum absolute atomic E-state index is 9.46. The van der Waals surface area contributed by atoms with Crippen LogP contribution in [0.4, 0.5) is 11.4 Å². The van der Waals surface area contributed by atoms with Crippen LogP contribution in [-0.2, 0) is 5.41 Å². The fraction of sp³-hybridized carbons (Fsp3) is 0.107. The number of nitrogens with one attached hydrogen (secondary N) is 1. The second kappa shape index (κ2) is 9.64. The molecule has 0 radical (unpaired) electrons. The van der Waals surface area contributed by atoms with Gasteiger partial charge in [0.15, 0.2) is 0 Å². The van der Waals surface area contributed by atoms with Crippen molar-refractivity contribution in [2.75, 3.05) is 5.32 Å². The van der Waals surface area contributed by atoms with Crippen LogP contribution in [0.15, 0.2) is 114 Å². The zero-order valence-corrected chi connectivity index (χ0v) is 18.7. The van der Waals surface area contributed by atoms with Crippen LogP contribution >= 0.6 is 15.9 Å². The third-order valence-electron chi connectivity index (χ3n) is 5.64. The van der Waals surface area contributed by atoms with E-state index in [4.69, 9.17) is 0 Å². The van der Waals surface area contributed by atoms with Crippen LogP contribution in [-0.4, -0.2) is 0 Å². The molecule has 1 atom stereocenters. The minimum Gasteiger partial charge on any atom is -0.356 e. The molecular weight excluding hydrogens is 444 g/mol. The Bertz CT molecular complexity index is 1170. The summed E-state index contributed by atoms with van der Waals surface area (Å²) in [7, 11) is 0. The number of hydrogen-bond acceptors (Lipinski definition) is 2. The smallest absolute Gasteiger partial charge is 0.0622 e. The summed E-state index contributed by atoms with van der Waals surface area (Å²) in [6, 6.07) is 40.0. The normalized spacial score (nSPS) is 12.5. The van der Waals surface area contributed by atoms with Crippen molar-refractivity contribution in [2.45, 2.75) is 18.3 Å². The van der Waals surface area contributed by atoms with Gasteiger partial charge in [0.2, 0.25) is 0 Å². The molecular formula is C28H23BrN2. The third-order valence-corrected chi connectivity index (χ3v) is 6.13. The minimum atomic E-state index is -0.411. The number of benzene rings is 4. The first-order chi connectivity index (χ1) is 15.2. The van der Waals surface area contributed by atoms with E-state index in [1.807, 2.05) is 30.3 Å². The van der Waals surface area contributed by atoms with Gasteiger partial charge in [0.05, 0.1) is 6.07 Å². The second-order valence-corrected chi connectivity index (χ2v) is 8.42. The predicted octanol–water partition coefficient (Wildman–Crippen LogP) is 7.83. The van der Waals surface area contributed by atoms with E-state index in [2.05, 4.69) is 106 Å². The highest BCUT2D eigenvalue weighted by Gasteiger charge is 2.36. The van der Waals surface area contributed by atoms with E-state index >= 15 is 0 Å². The lowest BCUT2D eigenvalue weighted by molar-refractivity contribution is 0.569. The highest BCUT2D eigenvalue weighted by Crippen LogP contribution is 2.44. The Morgan fingerprint density at radius 3 is 1.90 bits per heavy atom. The SMILES string of the molecule is N#CCCC(c1ccccc1)(c1ccc(Nc2ccccc2)cc1)c1cccc(Br)c1. The van der Waals surface area contributed by atoms with Crippen LogP contribution in [0.5, 0.6) is 0 Å². The molecule has 152 valence electrons. The quantitative estimate of drug-likeness (QED) is 0.281. The molecule has 4 rings (SSSR count). The molecule has 0 heterocycles. The van der Waals surface area contributed by atoms with Crippen LogP contribution in [0.2, 0.25) is 0 Å². The molecule has 0 aliphatic carbocycles. The van der Waals surface area contributed by atoms with E-state index in [1.165, 1.54) is 16.7 Å². The number of halogens is 1. The summed E-state index contributed by atoms with van der Waals surface area (Å²) in [6.45, 7) is 0. The first kappa shape index (κ1) is 20.9. The Hall–Kier alpha value is -3.35. The first-order valence-electron chi connectivity index (χ1n) is 10.3. The van der Waals surface area contributed by atoms with E-state index < -0.39 is 5.41 Å². The van der Waals surface area contributed by atoms with Crippen molar-refractivity contribution in [3.05, 3.63) is 130 Å². The Morgan fingerprint density at radius 1 is 0.677 bits per heavy atom. The molecule has 0 bridgehead atoms. The van der Waals surface area contributed by atoms with Crippen LogP contribution in [0.25, 0.3) is 0 Å². The molecule has 0 aliphatic rings. The van der Waals surface area contributed by atoms with E-state index in [9.17, 15) is 5.26 Å². The van der Waals surface area contributed by atoms with E-state index in [-0.39, 0.29) is 0 Å². The van der Waals surface area contributed by atoms with Gasteiger partial charge < -0.3 is 5.32 Å². The van der Waals surface area contributed by atoms with Crippen molar-refractivity contribution in [3.63, 3.8) is 0 Å². The summed E-state index contributed by atoms with van der Waals surface area (Å²) >= 11 is 3.64. The highest BCUT2D eigenvalue weighted by molar-refractivity contribution is 9.10. The Labute approximate surface area is 192 Å². The maximum atomic E-state index is 9.46. The summed E-state index contributed by atoms with van der Waals surface area (Å²) in [6.07, 6.45) is 1.17. The number of para-hydroxylation sites is 1. The topological polar surface area (TPSA) is 35.8 Å². The molecule has 4 aromatic rings. The average Bonchev–Trinajstić information content (AvgIpc) is 2.82. The van der Waals surface area contributed by atoms with Crippen molar-refractivity contribution in [1.82, 2.24) is 0 Å². The standard InChI is InChI=1S/C28H23BrN2/c29-25-12-7-11-24(21-25)28(19-8-20-30,22-9-3-1-4-10-22)23-15-17-27(18-16-23)31-26-13-5-2-6-14-26/h1-7,9-18,21,31H,8,19H2. The van der Waals surface area contributed by atoms with Crippen molar-refractivity contribution in [2.24, 2.45) is 0 Å². The fourth-order valence-corrected chi connectivity index (χ4v) is 4.58. The summed E-state index contributed by atoms with van der Waals surface area (Å²) in [5.41, 5.74) is 5.21. The molecule has 0 aromatic heterocycles. The monoisotopic (exact) mass is 466 g/mol. The van der Waals surface area contributed by atoms with Gasteiger partial charge in [0, 0.05) is 27.7 Å².